The van der Waals surface area contributed by atoms with E-state index in [1.165, 1.54) is 47.2 Å². The van der Waals surface area contributed by atoms with Gasteiger partial charge in [-0.1, -0.05) is 29.5 Å². The third-order valence-electron chi connectivity index (χ3n) is 5.48. The van der Waals surface area contributed by atoms with Crippen LogP contribution in [0.15, 0.2) is 47.6 Å². The second-order valence-corrected chi connectivity index (χ2v) is 9.10. The summed E-state index contributed by atoms with van der Waals surface area (Å²) in [4.78, 5) is 12.4. The summed E-state index contributed by atoms with van der Waals surface area (Å²) in [6, 6.07) is 12.0. The smallest absolute Gasteiger partial charge is 0.234 e. The number of carbonyl (C=O) groups is 1. The number of hydrogen-bond donors (Lipinski definition) is 2. The molecule has 2 N–H and O–H groups in total. The molecule has 7 nitrogen and oxygen atoms in total. The number of carbonyl (C=O) groups excluding carboxylic acids is 1. The fourth-order valence-electron chi connectivity index (χ4n) is 3.78. The molecule has 9 heteroatoms. The lowest BCUT2D eigenvalue weighted by Crippen LogP contribution is -2.20. The Hall–Kier alpha value is -2.91. The van der Waals surface area contributed by atoms with Crippen LogP contribution in [0.2, 0.25) is 0 Å². The predicted octanol–water partition coefficient (Wildman–Crippen LogP) is 4.56. The highest BCUT2D eigenvalue weighted by Gasteiger charge is 2.21. The van der Waals surface area contributed by atoms with Crippen LogP contribution in [-0.4, -0.2) is 39.1 Å². The van der Waals surface area contributed by atoms with Gasteiger partial charge in [-0.15, -0.1) is 10.2 Å². The fraction of sp³-hybridized carbons (Fsp3) is 0.375. The summed E-state index contributed by atoms with van der Waals surface area (Å²) < 4.78 is 20.9. The van der Waals surface area contributed by atoms with E-state index in [2.05, 4.69) is 52.9 Å². The van der Waals surface area contributed by atoms with Gasteiger partial charge in [0.15, 0.2) is 11.0 Å². The van der Waals surface area contributed by atoms with Crippen LogP contribution in [0.3, 0.4) is 0 Å². The Balaban J connectivity index is 1.43. The van der Waals surface area contributed by atoms with Crippen LogP contribution in [0.25, 0.3) is 0 Å². The lowest BCUT2D eigenvalue weighted by Gasteiger charge is -2.16. The molecule has 1 aliphatic heterocycles. The minimum Gasteiger partial charge on any atom is -0.378 e. The molecule has 0 radical (unpaired) electrons. The number of anilines is 2. The number of aryl methyl sites for hydroxylation is 2. The van der Waals surface area contributed by atoms with Crippen molar-refractivity contribution in [2.45, 2.75) is 51.0 Å². The first kappa shape index (κ1) is 23.3. The van der Waals surface area contributed by atoms with Crippen molar-refractivity contribution in [1.29, 1.82) is 0 Å². The summed E-state index contributed by atoms with van der Waals surface area (Å²) in [5, 5.41) is 15.6. The van der Waals surface area contributed by atoms with E-state index in [1.54, 1.807) is 0 Å². The van der Waals surface area contributed by atoms with Crippen molar-refractivity contribution in [3.8, 4) is 0 Å². The quantitative estimate of drug-likeness (QED) is 0.448. The van der Waals surface area contributed by atoms with Crippen molar-refractivity contribution in [3.63, 3.8) is 0 Å². The summed E-state index contributed by atoms with van der Waals surface area (Å²) in [7, 11) is 0. The van der Waals surface area contributed by atoms with Gasteiger partial charge in [-0.3, -0.25) is 4.79 Å². The number of rotatable bonds is 9. The molecule has 1 atom stereocenters. The van der Waals surface area contributed by atoms with E-state index in [9.17, 15) is 9.18 Å². The maximum Gasteiger partial charge on any atom is 0.234 e. The molecule has 0 saturated carbocycles. The normalized spacial score (nSPS) is 15.5. The van der Waals surface area contributed by atoms with Crippen LogP contribution in [0.5, 0.6) is 0 Å². The van der Waals surface area contributed by atoms with E-state index in [0.717, 1.165) is 31.0 Å². The Morgan fingerprint density at radius 2 is 2.03 bits per heavy atom. The Kier molecular flexibility index (Phi) is 7.61. The average Bonchev–Trinajstić information content (AvgIpc) is 3.44. The molecule has 2 heterocycles. The highest BCUT2D eigenvalue weighted by atomic mass is 32.2. The molecule has 0 unspecified atom stereocenters. The second-order valence-electron chi connectivity index (χ2n) is 8.16. The Bertz CT molecular complexity index is 1100. The number of nitrogens with zero attached hydrogens (tertiary/aromatic N) is 3. The molecule has 33 heavy (non-hydrogen) atoms. The van der Waals surface area contributed by atoms with Gasteiger partial charge < -0.3 is 19.9 Å². The molecule has 1 fully saturated rings. The van der Waals surface area contributed by atoms with E-state index in [0.29, 0.717) is 23.9 Å². The Morgan fingerprint density at radius 1 is 1.21 bits per heavy atom. The van der Waals surface area contributed by atoms with Crippen LogP contribution >= 0.6 is 11.8 Å². The average molecular weight is 470 g/mol. The molecular formula is C24H28FN5O2S. The van der Waals surface area contributed by atoms with Crippen LogP contribution in [0, 0.1) is 19.7 Å². The van der Waals surface area contributed by atoms with Gasteiger partial charge in [0, 0.05) is 18.0 Å². The number of nitrogens with one attached hydrogen (secondary N) is 2. The van der Waals surface area contributed by atoms with Crippen LogP contribution in [0.1, 0.15) is 29.8 Å². The molecule has 0 spiro atoms. The summed E-state index contributed by atoms with van der Waals surface area (Å²) in [5.74, 6) is 0.442. The van der Waals surface area contributed by atoms with E-state index in [4.69, 9.17) is 4.74 Å². The van der Waals surface area contributed by atoms with Crippen molar-refractivity contribution in [3.05, 3.63) is 65.2 Å². The molecule has 2 aromatic carbocycles. The molecule has 174 valence electrons. The summed E-state index contributed by atoms with van der Waals surface area (Å²) in [5.41, 5.74) is 4.01. The van der Waals surface area contributed by atoms with Crippen LogP contribution in [-0.2, 0) is 22.6 Å². The first-order valence-corrected chi connectivity index (χ1v) is 12.0. The minimum absolute atomic E-state index is 0.119. The summed E-state index contributed by atoms with van der Waals surface area (Å²) in [6.07, 6.45) is 2.16. The van der Waals surface area contributed by atoms with E-state index in [-0.39, 0.29) is 23.6 Å². The molecule has 1 aliphatic rings. The van der Waals surface area contributed by atoms with E-state index in [1.807, 2.05) is 4.57 Å². The van der Waals surface area contributed by atoms with Crippen molar-refractivity contribution in [1.82, 2.24) is 14.8 Å². The largest absolute Gasteiger partial charge is 0.378 e. The van der Waals surface area contributed by atoms with Gasteiger partial charge in [0.2, 0.25) is 5.91 Å². The second kappa shape index (κ2) is 10.8. The van der Waals surface area contributed by atoms with Crippen molar-refractivity contribution < 1.29 is 13.9 Å². The monoisotopic (exact) mass is 469 g/mol. The van der Waals surface area contributed by atoms with Crippen LogP contribution in [0.4, 0.5) is 15.8 Å². The van der Waals surface area contributed by atoms with E-state index < -0.39 is 0 Å². The molecule has 1 aromatic heterocycles. The fourth-order valence-corrected chi connectivity index (χ4v) is 4.55. The molecule has 4 rings (SSSR count). The SMILES string of the molecule is Cc1ccc(NCc2nnc(SCC(=O)Nc3ccc(F)cc3)n2C[C@@H]2CCCO2)c(C)c1. The van der Waals surface area contributed by atoms with Gasteiger partial charge in [-0.25, -0.2) is 4.39 Å². The number of aromatic nitrogens is 3. The van der Waals surface area contributed by atoms with Crippen molar-refractivity contribution in [2.24, 2.45) is 0 Å². The molecule has 0 aliphatic carbocycles. The highest BCUT2D eigenvalue weighted by molar-refractivity contribution is 7.99. The van der Waals surface area contributed by atoms with E-state index >= 15 is 0 Å². The van der Waals surface area contributed by atoms with Gasteiger partial charge >= 0.3 is 0 Å². The van der Waals surface area contributed by atoms with Gasteiger partial charge in [0.25, 0.3) is 0 Å². The van der Waals surface area contributed by atoms with Gasteiger partial charge in [-0.2, -0.15) is 0 Å². The van der Waals surface area contributed by atoms with Gasteiger partial charge in [-0.05, 0) is 62.6 Å². The van der Waals surface area contributed by atoms with Gasteiger partial charge in [0.1, 0.15) is 5.82 Å². The Labute approximate surface area is 197 Å². The topological polar surface area (TPSA) is 81.1 Å². The number of thioether (sulfide) groups is 1. The standard InChI is InChI=1S/C24H28FN5O2S/c1-16-5-10-21(17(2)12-16)26-13-22-28-29-24(30(22)14-20-4-3-11-32-20)33-15-23(31)27-19-8-6-18(25)7-9-19/h5-10,12,20,26H,3-4,11,13-15H2,1-2H3,(H,27,31)/t20-/m0/s1. The van der Waals surface area contributed by atoms with Crippen molar-refractivity contribution >= 4 is 29.0 Å². The minimum atomic E-state index is -0.341. The zero-order chi connectivity index (χ0) is 23.2. The molecule has 1 amide bonds. The first-order chi connectivity index (χ1) is 16.0. The zero-order valence-electron chi connectivity index (χ0n) is 18.8. The van der Waals surface area contributed by atoms with Crippen LogP contribution < -0.4 is 10.6 Å². The first-order valence-electron chi connectivity index (χ1n) is 11.0. The lowest BCUT2D eigenvalue weighted by atomic mass is 10.1. The lowest BCUT2D eigenvalue weighted by molar-refractivity contribution is -0.113. The number of halogens is 1. The summed E-state index contributed by atoms with van der Waals surface area (Å²) in [6.45, 7) is 6.09. The molecule has 0 bridgehead atoms. The number of ether oxygens (including phenoxy) is 1. The Morgan fingerprint density at radius 3 is 2.76 bits per heavy atom. The molecule has 1 saturated heterocycles. The highest BCUT2D eigenvalue weighted by Crippen LogP contribution is 2.23. The predicted molar refractivity (Wildman–Crippen MR) is 128 cm³/mol. The number of hydrogen-bond acceptors (Lipinski definition) is 6. The maximum atomic E-state index is 13.1. The maximum absolute atomic E-state index is 13.1. The van der Waals surface area contributed by atoms with Gasteiger partial charge in [0.05, 0.1) is 24.9 Å². The number of amides is 1. The third kappa shape index (κ3) is 6.33. The van der Waals surface area contributed by atoms with Crippen molar-refractivity contribution in [2.75, 3.05) is 23.0 Å². The third-order valence-corrected chi connectivity index (χ3v) is 6.45. The zero-order valence-corrected chi connectivity index (χ0v) is 19.6. The summed E-state index contributed by atoms with van der Waals surface area (Å²) >= 11 is 1.33. The molecule has 3 aromatic rings. The number of benzene rings is 2. The molecular weight excluding hydrogens is 441 g/mol.